The maximum Gasteiger partial charge on any atom is 0 e. The minimum absolute atomic E-state index is 0. The van der Waals surface area contributed by atoms with Crippen LogP contribution in [0, 0.1) is 24.8 Å². The van der Waals surface area contributed by atoms with E-state index in [9.17, 15) is 4.39 Å². The van der Waals surface area contributed by atoms with E-state index in [4.69, 9.17) is 18.5 Å². The summed E-state index contributed by atoms with van der Waals surface area (Å²) < 4.78 is 46.4. The molecule has 11 aromatic rings. The van der Waals surface area contributed by atoms with Gasteiger partial charge in [-0.1, -0.05) is 111 Å². The van der Waals surface area contributed by atoms with Gasteiger partial charge in [0, 0.05) is 48.1 Å². The summed E-state index contributed by atoms with van der Waals surface area (Å²) in [6, 6.07) is 51.2. The van der Waals surface area contributed by atoms with Gasteiger partial charge in [0.05, 0.1) is 22.4 Å². The minimum Gasteiger partial charge on any atom is 0 e. The van der Waals surface area contributed by atoms with Gasteiger partial charge in [-0.25, -0.2) is 4.98 Å². The van der Waals surface area contributed by atoms with E-state index >= 15 is 0 Å². The maximum atomic E-state index is 14.4. The van der Waals surface area contributed by atoms with Crippen LogP contribution >= 0.6 is 0 Å². The quantitative estimate of drug-likeness (QED) is 0.100. The Hall–Kier alpha value is -5.99. The molecule has 0 aliphatic heterocycles. The van der Waals surface area contributed by atoms with Crippen LogP contribution in [-0.2, 0) is 25.5 Å². The Balaban J connectivity index is 0.000000211. The monoisotopic (exact) mass is 1070 g/mol. The summed E-state index contributed by atoms with van der Waals surface area (Å²) >= 11 is -1.97. The van der Waals surface area contributed by atoms with Crippen LogP contribution in [0.1, 0.15) is 36.0 Å². The van der Waals surface area contributed by atoms with Gasteiger partial charge in [0.2, 0.25) is 5.71 Å². The number of fused-ring (bicyclic) bond motifs is 10. The van der Waals surface area contributed by atoms with E-state index in [1.54, 1.807) is 12.3 Å². The van der Waals surface area contributed by atoms with Crippen molar-refractivity contribution in [3.63, 3.8) is 0 Å². The first-order valence-corrected chi connectivity index (χ1v) is 28.1. The fraction of sp³-hybridized carbons (Fsp3) is 0.145. The molecule has 7 aromatic carbocycles. The molecule has 0 fully saturated rings. The summed E-state index contributed by atoms with van der Waals surface area (Å²) in [6.45, 7) is 4.25. The van der Waals surface area contributed by atoms with Gasteiger partial charge in [-0.15, -0.1) is 18.2 Å². The van der Waals surface area contributed by atoms with Gasteiger partial charge in [0.15, 0.2) is 0 Å². The number of benzene rings is 7. The zero-order valence-electron chi connectivity index (χ0n) is 38.8. The second-order valence-corrected chi connectivity index (χ2v) is 28.5. The molecule has 63 heavy (non-hydrogen) atoms. The van der Waals surface area contributed by atoms with Crippen LogP contribution in [0.2, 0.25) is 17.3 Å². The Kier molecular flexibility index (Phi) is 10.00. The van der Waals surface area contributed by atoms with E-state index in [0.717, 1.165) is 60.6 Å². The van der Waals surface area contributed by atoms with E-state index in [1.807, 2.05) is 24.4 Å². The summed E-state index contributed by atoms with van der Waals surface area (Å²) in [5.41, 5.74) is 6.77. The van der Waals surface area contributed by atoms with E-state index in [2.05, 4.69) is 157 Å². The second-order valence-electron chi connectivity index (χ2n) is 17.9. The van der Waals surface area contributed by atoms with E-state index in [0.29, 0.717) is 11.4 Å². The molecule has 0 aliphatic carbocycles. The van der Waals surface area contributed by atoms with Crippen molar-refractivity contribution < 1.29 is 33.0 Å². The molecule has 0 aliphatic rings. The SMILES string of the molecule is CC(C)(C)c1ccc(-n2c(-c3[c-]ccc4c3oc3ncc5ccccc5c34)nc3c4ccc5ccccc5c4ccc32)cc1.[2H]C([2H])([2H])c1cc[c-]c(-c2cc[c]([Ge]([CH3])([CH3])[CH3])cn2)c1F.[Ir]. The zero-order chi connectivity index (χ0) is 45.4. The van der Waals surface area contributed by atoms with Gasteiger partial charge in [-0.2, -0.15) is 0 Å². The number of nitrogens with zero attached hydrogens (tertiary/aromatic N) is 4. The van der Waals surface area contributed by atoms with Gasteiger partial charge >= 0.3 is 114 Å². The minimum atomic E-state index is -2.48. The van der Waals surface area contributed by atoms with Crippen LogP contribution in [0.4, 0.5) is 4.39 Å². The summed E-state index contributed by atoms with van der Waals surface area (Å²) in [7, 11) is 0. The summed E-state index contributed by atoms with van der Waals surface area (Å²) in [6.07, 6.45) is 3.65. The third kappa shape index (κ3) is 7.56. The molecular formula is C55H45FGeIrN4O-2. The predicted octanol–water partition coefficient (Wildman–Crippen LogP) is 14.1. The fourth-order valence-corrected chi connectivity index (χ4v) is 10.5. The van der Waals surface area contributed by atoms with Crippen molar-refractivity contribution in [3.8, 4) is 28.3 Å². The molecule has 0 spiro atoms. The van der Waals surface area contributed by atoms with Crippen molar-refractivity contribution in [2.45, 2.75) is 50.3 Å². The van der Waals surface area contributed by atoms with Gasteiger partial charge < -0.3 is 8.98 Å². The van der Waals surface area contributed by atoms with E-state index < -0.39 is 25.9 Å². The standard InChI is InChI=1S/C40H28N3O.C15H17FGeN.Ir/c1-40(2,3)26-16-18-27(19-17-26)43-34-22-21-30-28-11-6-4-9-24(28)15-20-31(30)36(34)42-38(43)33-14-8-13-32-35-29-12-7-5-10-25(29)23-41-39(35)44-37(32)33;1-11-6-5-7-13(15(11)16)14-9-8-12(10-18-14)17(2,3)4;/h4-13,15-23H,1-3H3;5-6,8-10H,1-4H3;/q2*-1;/i;1D3;. The summed E-state index contributed by atoms with van der Waals surface area (Å²) in [5, 5.41) is 8.99. The largest absolute Gasteiger partial charge is 0 e. The van der Waals surface area contributed by atoms with E-state index in [1.165, 1.54) is 38.3 Å². The molecule has 11 rings (SSSR count). The van der Waals surface area contributed by atoms with Crippen molar-refractivity contribution in [1.29, 1.82) is 0 Å². The van der Waals surface area contributed by atoms with Crippen molar-refractivity contribution >= 4 is 83.1 Å². The summed E-state index contributed by atoms with van der Waals surface area (Å²) in [4.78, 5) is 14.4. The van der Waals surface area contributed by atoms with Crippen LogP contribution < -0.4 is 4.40 Å². The molecular weight excluding hydrogens is 1020 g/mol. The Morgan fingerprint density at radius 1 is 0.683 bits per heavy atom. The van der Waals surface area contributed by atoms with E-state index in [-0.39, 0.29) is 36.6 Å². The number of hydrogen-bond donors (Lipinski definition) is 0. The maximum absolute atomic E-state index is 14.4. The molecule has 313 valence electrons. The predicted molar refractivity (Wildman–Crippen MR) is 258 cm³/mol. The third-order valence-electron chi connectivity index (χ3n) is 11.8. The topological polar surface area (TPSA) is 56.7 Å². The normalized spacial score (nSPS) is 12.9. The molecule has 0 saturated heterocycles. The molecule has 0 atom stereocenters. The number of aromatic nitrogens is 4. The average Bonchev–Trinajstić information content (AvgIpc) is 3.88. The van der Waals surface area contributed by atoms with Crippen LogP contribution in [0.5, 0.6) is 0 Å². The number of imidazole rings is 1. The average molecular weight is 1060 g/mol. The number of furan rings is 1. The van der Waals surface area contributed by atoms with Crippen LogP contribution in [-0.4, -0.2) is 32.8 Å². The van der Waals surface area contributed by atoms with Gasteiger partial charge in [0.1, 0.15) is 0 Å². The van der Waals surface area contributed by atoms with Gasteiger partial charge in [-0.3, -0.25) is 4.98 Å². The molecule has 4 heterocycles. The molecule has 5 nitrogen and oxygen atoms in total. The zero-order valence-corrected chi connectivity index (χ0v) is 40.3. The smallest absolute Gasteiger partial charge is 0 e. The van der Waals surface area contributed by atoms with Gasteiger partial charge in [-0.05, 0) is 50.7 Å². The van der Waals surface area contributed by atoms with Crippen molar-refractivity contribution in [2.75, 3.05) is 0 Å². The molecule has 8 heteroatoms. The van der Waals surface area contributed by atoms with Gasteiger partial charge in [0.25, 0.3) is 0 Å². The number of aryl methyl sites for hydroxylation is 1. The molecule has 0 saturated carbocycles. The second kappa shape index (κ2) is 16.3. The molecule has 0 bridgehead atoms. The van der Waals surface area contributed by atoms with Crippen molar-refractivity contribution in [2.24, 2.45) is 0 Å². The number of rotatable bonds is 4. The first-order valence-electron chi connectivity index (χ1n) is 22.3. The Bertz CT molecular complexity index is 3630. The molecule has 4 aromatic heterocycles. The third-order valence-corrected chi connectivity index (χ3v) is 16.0. The number of hydrogen-bond acceptors (Lipinski definition) is 4. The first-order chi connectivity index (χ1) is 31.1. The van der Waals surface area contributed by atoms with Crippen molar-refractivity contribution in [3.05, 3.63) is 175 Å². The molecule has 0 amide bonds. The summed E-state index contributed by atoms with van der Waals surface area (Å²) in [5.74, 6) is 6.77. The Labute approximate surface area is 387 Å². The first kappa shape index (κ1) is 38.7. The number of halogens is 1. The Morgan fingerprint density at radius 3 is 2.13 bits per heavy atom. The van der Waals surface area contributed by atoms with Crippen LogP contribution in [0.25, 0.3) is 93.8 Å². The van der Waals surface area contributed by atoms with Crippen LogP contribution in [0.15, 0.2) is 150 Å². The van der Waals surface area contributed by atoms with Crippen LogP contribution in [0.3, 0.4) is 0 Å². The molecule has 0 N–H and O–H groups in total. The molecule has 0 unspecified atom stereocenters. The number of pyridine rings is 2. The molecule has 1 radical (unpaired) electrons. The van der Waals surface area contributed by atoms with Crippen molar-refractivity contribution in [1.82, 2.24) is 19.5 Å². The Morgan fingerprint density at radius 2 is 1.40 bits per heavy atom. The fourth-order valence-electron chi connectivity index (χ4n) is 8.35.